The molecule has 0 unspecified atom stereocenters. The minimum atomic E-state index is -0.159. The van der Waals surface area contributed by atoms with Gasteiger partial charge >= 0.3 is 0 Å². The molecule has 0 atom stereocenters. The summed E-state index contributed by atoms with van der Waals surface area (Å²) in [5.74, 6) is 0. The summed E-state index contributed by atoms with van der Waals surface area (Å²) in [6, 6.07) is 52.7. The lowest BCUT2D eigenvalue weighted by Crippen LogP contribution is -2.17. The summed E-state index contributed by atoms with van der Waals surface area (Å²) in [7, 11) is 0. The Morgan fingerprint density at radius 2 is 0.735 bits per heavy atom. The molecule has 0 radical (unpaired) electrons. The van der Waals surface area contributed by atoms with E-state index >= 15 is 0 Å². The van der Waals surface area contributed by atoms with Gasteiger partial charge in [0.15, 0.2) is 0 Å². The van der Waals surface area contributed by atoms with Crippen molar-refractivity contribution in [3.63, 3.8) is 0 Å². The van der Waals surface area contributed by atoms with Gasteiger partial charge in [0, 0.05) is 10.8 Å². The monoisotopic (exact) mass is 626 g/mol. The van der Waals surface area contributed by atoms with Crippen LogP contribution in [0.3, 0.4) is 0 Å². The van der Waals surface area contributed by atoms with E-state index in [2.05, 4.69) is 174 Å². The first-order chi connectivity index (χ1) is 23.7. The lowest BCUT2D eigenvalue weighted by Gasteiger charge is -2.25. The number of hydrogen-bond acceptors (Lipinski definition) is 0. The van der Waals surface area contributed by atoms with Gasteiger partial charge in [-0.05, 0) is 136 Å². The zero-order valence-electron chi connectivity index (χ0n) is 28.8. The Labute approximate surface area is 288 Å². The van der Waals surface area contributed by atoms with Crippen LogP contribution in [-0.2, 0) is 10.8 Å². The summed E-state index contributed by atoms with van der Waals surface area (Å²) in [5, 5.41) is 7.96. The average molecular weight is 627 g/mol. The van der Waals surface area contributed by atoms with Crippen molar-refractivity contribution in [2.45, 2.75) is 45.4 Å². The molecule has 0 saturated carbocycles. The van der Waals surface area contributed by atoms with Crippen molar-refractivity contribution in [3.05, 3.63) is 167 Å². The molecule has 0 fully saturated rings. The molecule has 2 aliphatic rings. The van der Waals surface area contributed by atoms with Crippen molar-refractivity contribution in [1.82, 2.24) is 0 Å². The summed E-state index contributed by atoms with van der Waals surface area (Å²) >= 11 is 0. The maximum absolute atomic E-state index is 2.57. The van der Waals surface area contributed by atoms with Crippen LogP contribution in [0, 0.1) is 6.92 Å². The van der Waals surface area contributed by atoms with Crippen molar-refractivity contribution in [2.24, 2.45) is 0 Å². The van der Waals surface area contributed by atoms with Gasteiger partial charge in [0.05, 0.1) is 0 Å². The molecule has 234 valence electrons. The van der Waals surface area contributed by atoms with E-state index in [0.717, 1.165) is 0 Å². The lowest BCUT2D eigenvalue weighted by atomic mass is 9.78. The van der Waals surface area contributed by atoms with Gasteiger partial charge in [-0.3, -0.25) is 0 Å². The number of benzene rings is 8. The van der Waals surface area contributed by atoms with Crippen LogP contribution in [0.5, 0.6) is 0 Å². The van der Waals surface area contributed by atoms with Crippen LogP contribution in [0.4, 0.5) is 0 Å². The predicted octanol–water partition coefficient (Wildman–Crippen LogP) is 13.4. The predicted molar refractivity (Wildman–Crippen MR) is 210 cm³/mol. The Balaban J connectivity index is 1.32. The van der Waals surface area contributed by atoms with E-state index in [0.29, 0.717) is 0 Å². The Hall–Kier alpha value is -5.46. The van der Waals surface area contributed by atoms with Crippen LogP contribution >= 0.6 is 0 Å². The topological polar surface area (TPSA) is 0 Å². The smallest absolute Gasteiger partial charge is 0.0159 e. The van der Waals surface area contributed by atoms with Crippen molar-refractivity contribution < 1.29 is 0 Å². The van der Waals surface area contributed by atoms with E-state index in [-0.39, 0.29) is 10.8 Å². The molecule has 49 heavy (non-hydrogen) atoms. The molecule has 0 aliphatic heterocycles. The maximum atomic E-state index is 2.57. The van der Waals surface area contributed by atoms with E-state index in [1.54, 1.807) is 0 Å². The summed E-state index contributed by atoms with van der Waals surface area (Å²) in [5.41, 5.74) is 17.6. The van der Waals surface area contributed by atoms with Crippen LogP contribution in [0.15, 0.2) is 140 Å². The molecule has 0 heteroatoms. The molecule has 0 spiro atoms. The van der Waals surface area contributed by atoms with Crippen LogP contribution in [0.25, 0.3) is 76.8 Å². The Morgan fingerprint density at radius 1 is 0.327 bits per heavy atom. The highest BCUT2D eigenvalue weighted by atomic mass is 14.5. The molecule has 0 amide bonds. The fraction of sp³-hybridized carbons (Fsp3) is 0.143. The van der Waals surface area contributed by atoms with Crippen LogP contribution in [0.2, 0.25) is 0 Å². The van der Waals surface area contributed by atoms with Crippen molar-refractivity contribution in [3.8, 4) is 44.5 Å². The summed E-state index contributed by atoms with van der Waals surface area (Å²) in [6.45, 7) is 12.0. The Morgan fingerprint density at radius 3 is 1.33 bits per heavy atom. The largest absolute Gasteiger partial charge is 0.0622 e. The van der Waals surface area contributed by atoms with Gasteiger partial charge in [-0.15, -0.1) is 0 Å². The van der Waals surface area contributed by atoms with Gasteiger partial charge in [0.25, 0.3) is 0 Å². The third-order valence-electron chi connectivity index (χ3n) is 11.9. The molecule has 8 aromatic carbocycles. The second kappa shape index (κ2) is 9.80. The fourth-order valence-corrected chi connectivity index (χ4v) is 9.49. The zero-order valence-corrected chi connectivity index (χ0v) is 28.8. The van der Waals surface area contributed by atoms with Gasteiger partial charge in [-0.1, -0.05) is 143 Å². The SMILES string of the molecule is Cc1cc2c(c3ccccc13)-c1cc3c(cc1C2(C)C)-c1cc2c(-c4ccccc4)c4ccccc4c(-c4ccccc4)c2cc1C3(C)C. The zero-order chi connectivity index (χ0) is 33.2. The molecule has 0 saturated heterocycles. The molecule has 10 rings (SSSR count). The molecule has 0 nitrogen and oxygen atoms in total. The molecular weight excluding hydrogens is 589 g/mol. The number of rotatable bonds is 2. The molecule has 2 aliphatic carbocycles. The third kappa shape index (κ3) is 3.75. The normalized spacial score (nSPS) is 15.0. The van der Waals surface area contributed by atoms with E-state index in [1.807, 2.05) is 0 Å². The molecule has 0 heterocycles. The number of hydrogen-bond donors (Lipinski definition) is 0. The molecule has 0 bridgehead atoms. The van der Waals surface area contributed by atoms with Gasteiger partial charge in [-0.25, -0.2) is 0 Å². The Bertz CT molecular complexity index is 2690. The maximum Gasteiger partial charge on any atom is 0.0159 e. The van der Waals surface area contributed by atoms with Crippen LogP contribution in [0.1, 0.15) is 55.5 Å². The molecular formula is C49H38. The highest BCUT2D eigenvalue weighted by Crippen LogP contribution is 2.59. The van der Waals surface area contributed by atoms with E-state index < -0.39 is 0 Å². The van der Waals surface area contributed by atoms with Crippen molar-refractivity contribution in [2.75, 3.05) is 0 Å². The van der Waals surface area contributed by atoms with E-state index in [1.165, 1.54) is 105 Å². The van der Waals surface area contributed by atoms with E-state index in [9.17, 15) is 0 Å². The molecule has 0 N–H and O–H groups in total. The first kappa shape index (κ1) is 28.5. The van der Waals surface area contributed by atoms with Gasteiger partial charge in [0.2, 0.25) is 0 Å². The molecule has 8 aromatic rings. The highest BCUT2D eigenvalue weighted by Gasteiger charge is 2.42. The van der Waals surface area contributed by atoms with Crippen LogP contribution in [-0.4, -0.2) is 0 Å². The van der Waals surface area contributed by atoms with E-state index in [4.69, 9.17) is 0 Å². The first-order valence-corrected chi connectivity index (χ1v) is 17.6. The first-order valence-electron chi connectivity index (χ1n) is 17.6. The molecule has 0 aromatic heterocycles. The van der Waals surface area contributed by atoms with Crippen LogP contribution < -0.4 is 0 Å². The minimum Gasteiger partial charge on any atom is -0.0622 e. The standard InChI is InChI=1S/C49H38/c1-29-24-44-47(33-21-13-12-20-32(29)33)40-28-42-37(26-43(40)49(44,4)5)36-25-38-39(27-41(36)48(42,2)3)46(31-18-10-7-11-19-31)35-23-15-14-22-34(35)45(38)30-16-8-6-9-17-30/h6-28H,1-5H3. The highest BCUT2D eigenvalue weighted by molar-refractivity contribution is 6.22. The summed E-state index contributed by atoms with van der Waals surface area (Å²) in [4.78, 5) is 0. The van der Waals surface area contributed by atoms with Crippen molar-refractivity contribution in [1.29, 1.82) is 0 Å². The summed E-state index contributed by atoms with van der Waals surface area (Å²) < 4.78 is 0. The van der Waals surface area contributed by atoms with Crippen molar-refractivity contribution >= 4 is 32.3 Å². The average Bonchev–Trinajstić information content (AvgIpc) is 3.48. The minimum absolute atomic E-state index is 0.0931. The lowest BCUT2D eigenvalue weighted by molar-refractivity contribution is 0.652. The second-order valence-corrected chi connectivity index (χ2v) is 15.3. The summed E-state index contributed by atoms with van der Waals surface area (Å²) in [6.07, 6.45) is 0. The fourth-order valence-electron chi connectivity index (χ4n) is 9.49. The number of fused-ring (bicyclic) bond motifs is 10. The van der Waals surface area contributed by atoms with Gasteiger partial charge in [-0.2, -0.15) is 0 Å². The second-order valence-electron chi connectivity index (χ2n) is 15.3. The third-order valence-corrected chi connectivity index (χ3v) is 11.9. The number of aryl methyl sites for hydroxylation is 1. The Kier molecular flexibility index (Phi) is 5.71. The quantitative estimate of drug-likeness (QED) is 0.168. The van der Waals surface area contributed by atoms with Gasteiger partial charge < -0.3 is 0 Å². The van der Waals surface area contributed by atoms with Gasteiger partial charge in [0.1, 0.15) is 0 Å².